The van der Waals surface area contributed by atoms with Gasteiger partial charge in [-0.3, -0.25) is 11.3 Å². The van der Waals surface area contributed by atoms with Crippen molar-refractivity contribution >= 4 is 0 Å². The lowest BCUT2D eigenvalue weighted by Gasteiger charge is -2.48. The molecule has 2 unspecified atom stereocenters. The van der Waals surface area contributed by atoms with E-state index in [0.717, 1.165) is 18.4 Å². The van der Waals surface area contributed by atoms with Gasteiger partial charge in [-0.2, -0.15) is 0 Å². The highest BCUT2D eigenvalue weighted by molar-refractivity contribution is 4.95. The molecule has 0 aromatic rings. The molecule has 2 saturated carbocycles. The molecule has 0 aromatic carbocycles. The molecule has 104 valence electrons. The summed E-state index contributed by atoms with van der Waals surface area (Å²) >= 11 is 0. The van der Waals surface area contributed by atoms with Crippen molar-refractivity contribution in [3.05, 3.63) is 0 Å². The number of nitrogens with two attached hydrogens (primary N) is 1. The Morgan fingerprint density at radius 2 is 1.78 bits per heavy atom. The molecule has 18 heavy (non-hydrogen) atoms. The Kier molecular flexibility index (Phi) is 3.92. The minimum atomic E-state index is 0.222. The predicted molar refractivity (Wildman–Crippen MR) is 72.9 cm³/mol. The maximum absolute atomic E-state index is 6.19. The van der Waals surface area contributed by atoms with Crippen LogP contribution in [0.1, 0.15) is 64.2 Å². The summed E-state index contributed by atoms with van der Waals surface area (Å²) in [5.41, 5.74) is 3.36. The van der Waals surface area contributed by atoms with Crippen LogP contribution in [-0.2, 0) is 4.74 Å². The molecule has 1 spiro atoms. The summed E-state index contributed by atoms with van der Waals surface area (Å²) < 4.78 is 6.19. The number of nitrogens with one attached hydrogen (secondary N) is 1. The average Bonchev–Trinajstić information content (AvgIpc) is 2.34. The number of ether oxygens (including phenoxy) is 1. The van der Waals surface area contributed by atoms with Gasteiger partial charge >= 0.3 is 0 Å². The number of hydrogen-bond donors (Lipinski definition) is 2. The van der Waals surface area contributed by atoms with E-state index in [1.807, 2.05) is 0 Å². The topological polar surface area (TPSA) is 47.3 Å². The zero-order valence-electron chi connectivity index (χ0n) is 11.5. The van der Waals surface area contributed by atoms with Gasteiger partial charge in [0.05, 0.1) is 5.60 Å². The van der Waals surface area contributed by atoms with Crippen molar-refractivity contribution in [2.45, 2.75) is 75.9 Å². The van der Waals surface area contributed by atoms with Gasteiger partial charge in [-0.15, -0.1) is 0 Å². The molecule has 2 aliphatic carbocycles. The van der Waals surface area contributed by atoms with Crippen LogP contribution in [0, 0.1) is 11.8 Å². The van der Waals surface area contributed by atoms with Crippen molar-refractivity contribution < 1.29 is 4.74 Å². The molecule has 3 N–H and O–H groups in total. The van der Waals surface area contributed by atoms with Crippen LogP contribution in [-0.4, -0.2) is 18.2 Å². The summed E-state index contributed by atoms with van der Waals surface area (Å²) in [6.07, 6.45) is 13.3. The van der Waals surface area contributed by atoms with E-state index in [1.165, 1.54) is 64.2 Å². The minimum absolute atomic E-state index is 0.222. The first-order valence-electron chi connectivity index (χ1n) is 7.93. The van der Waals surface area contributed by atoms with Gasteiger partial charge in [0.15, 0.2) is 0 Å². The van der Waals surface area contributed by atoms with E-state index in [2.05, 4.69) is 5.43 Å². The maximum Gasteiger partial charge on any atom is 0.0685 e. The van der Waals surface area contributed by atoms with Crippen LogP contribution in [0.5, 0.6) is 0 Å². The first-order chi connectivity index (χ1) is 8.83. The van der Waals surface area contributed by atoms with Crippen LogP contribution < -0.4 is 11.3 Å². The molecule has 3 fully saturated rings. The van der Waals surface area contributed by atoms with Gasteiger partial charge in [-0.25, -0.2) is 0 Å². The maximum atomic E-state index is 6.19. The molecule has 3 rings (SSSR count). The Bertz CT molecular complexity index is 266. The van der Waals surface area contributed by atoms with Crippen LogP contribution >= 0.6 is 0 Å². The SMILES string of the molecule is NNC(C1CCC1)C1CCOC2(CCCCC2)C1. The lowest BCUT2D eigenvalue weighted by molar-refractivity contribution is -0.125. The van der Waals surface area contributed by atoms with Gasteiger partial charge < -0.3 is 4.74 Å². The van der Waals surface area contributed by atoms with Crippen molar-refractivity contribution in [2.24, 2.45) is 17.7 Å². The molecule has 2 atom stereocenters. The Balaban J connectivity index is 1.64. The Morgan fingerprint density at radius 3 is 2.39 bits per heavy atom. The molecule has 3 nitrogen and oxygen atoms in total. The van der Waals surface area contributed by atoms with Crippen LogP contribution in [0.15, 0.2) is 0 Å². The quantitative estimate of drug-likeness (QED) is 0.600. The molecule has 0 aromatic heterocycles. The van der Waals surface area contributed by atoms with Gasteiger partial charge in [0, 0.05) is 12.6 Å². The fourth-order valence-electron chi connectivity index (χ4n) is 4.37. The third kappa shape index (κ3) is 2.45. The van der Waals surface area contributed by atoms with Gasteiger partial charge in [0.1, 0.15) is 0 Å². The lowest BCUT2D eigenvalue weighted by Crippen LogP contribution is -2.53. The van der Waals surface area contributed by atoms with Crippen LogP contribution in [0.4, 0.5) is 0 Å². The third-order valence-corrected chi connectivity index (χ3v) is 5.65. The lowest BCUT2D eigenvalue weighted by atomic mass is 9.68. The highest BCUT2D eigenvalue weighted by Gasteiger charge is 2.43. The second-order valence-corrected chi connectivity index (χ2v) is 6.73. The molecule has 0 bridgehead atoms. The van der Waals surface area contributed by atoms with Crippen molar-refractivity contribution in [1.82, 2.24) is 5.43 Å². The molecule has 0 radical (unpaired) electrons. The Labute approximate surface area is 111 Å². The second-order valence-electron chi connectivity index (χ2n) is 6.73. The monoisotopic (exact) mass is 252 g/mol. The predicted octanol–water partition coefficient (Wildman–Crippen LogP) is 2.75. The van der Waals surface area contributed by atoms with Crippen molar-refractivity contribution in [3.63, 3.8) is 0 Å². The van der Waals surface area contributed by atoms with Crippen molar-refractivity contribution in [2.75, 3.05) is 6.61 Å². The summed E-state index contributed by atoms with van der Waals surface area (Å²) in [6.45, 7) is 0.954. The molecule has 1 aliphatic heterocycles. The third-order valence-electron chi connectivity index (χ3n) is 5.65. The van der Waals surface area contributed by atoms with E-state index in [0.29, 0.717) is 6.04 Å². The molecule has 0 amide bonds. The highest BCUT2D eigenvalue weighted by atomic mass is 16.5. The molecular formula is C15H28N2O. The van der Waals surface area contributed by atoms with Crippen LogP contribution in [0.2, 0.25) is 0 Å². The van der Waals surface area contributed by atoms with Gasteiger partial charge in [0.2, 0.25) is 0 Å². The Morgan fingerprint density at radius 1 is 1.00 bits per heavy atom. The summed E-state index contributed by atoms with van der Waals surface area (Å²) in [4.78, 5) is 0. The first kappa shape index (κ1) is 12.9. The number of rotatable bonds is 3. The second kappa shape index (κ2) is 5.48. The summed E-state index contributed by atoms with van der Waals surface area (Å²) in [7, 11) is 0. The molecule has 3 heteroatoms. The number of hydrogen-bond acceptors (Lipinski definition) is 3. The molecule has 1 heterocycles. The summed E-state index contributed by atoms with van der Waals surface area (Å²) in [5, 5.41) is 0. The van der Waals surface area contributed by atoms with E-state index in [-0.39, 0.29) is 5.60 Å². The van der Waals surface area contributed by atoms with Gasteiger partial charge in [-0.1, -0.05) is 25.7 Å². The van der Waals surface area contributed by atoms with Crippen LogP contribution in [0.3, 0.4) is 0 Å². The smallest absolute Gasteiger partial charge is 0.0685 e. The van der Waals surface area contributed by atoms with Crippen LogP contribution in [0.25, 0.3) is 0 Å². The Hall–Kier alpha value is -0.120. The largest absolute Gasteiger partial charge is 0.375 e. The van der Waals surface area contributed by atoms with E-state index >= 15 is 0 Å². The number of hydrazine groups is 1. The fraction of sp³-hybridized carbons (Fsp3) is 1.00. The molecule has 3 aliphatic rings. The highest BCUT2D eigenvalue weighted by Crippen LogP contribution is 2.44. The normalized spacial score (nSPS) is 34.2. The van der Waals surface area contributed by atoms with E-state index in [4.69, 9.17) is 10.6 Å². The standard InChI is InChI=1S/C15H28N2O/c16-17-14(12-5-4-6-12)13-7-10-18-15(11-13)8-2-1-3-9-15/h12-14,17H,1-11,16H2. The van der Waals surface area contributed by atoms with Gasteiger partial charge in [-0.05, 0) is 50.4 Å². The van der Waals surface area contributed by atoms with Gasteiger partial charge in [0.25, 0.3) is 0 Å². The average molecular weight is 252 g/mol. The van der Waals surface area contributed by atoms with E-state index in [1.54, 1.807) is 0 Å². The molecule has 1 saturated heterocycles. The fourth-order valence-corrected chi connectivity index (χ4v) is 4.37. The summed E-state index contributed by atoms with van der Waals surface area (Å²) in [6, 6.07) is 0.543. The first-order valence-corrected chi connectivity index (χ1v) is 7.93. The zero-order valence-corrected chi connectivity index (χ0v) is 11.5. The van der Waals surface area contributed by atoms with E-state index < -0.39 is 0 Å². The van der Waals surface area contributed by atoms with Crippen molar-refractivity contribution in [3.8, 4) is 0 Å². The zero-order chi connectivity index (χ0) is 12.4. The molecular weight excluding hydrogens is 224 g/mol. The van der Waals surface area contributed by atoms with Crippen molar-refractivity contribution in [1.29, 1.82) is 0 Å². The van der Waals surface area contributed by atoms with E-state index in [9.17, 15) is 0 Å². The minimum Gasteiger partial charge on any atom is -0.375 e. The summed E-state index contributed by atoms with van der Waals surface area (Å²) in [5.74, 6) is 7.42.